The Hall–Kier alpha value is -2.14. The van der Waals surface area contributed by atoms with E-state index in [-0.39, 0.29) is 5.92 Å². The maximum Gasteiger partial charge on any atom is 0.205 e. The van der Waals surface area contributed by atoms with Crippen molar-refractivity contribution in [2.24, 2.45) is 5.92 Å². The molecule has 2 aromatic carbocycles. The Labute approximate surface area is 168 Å². The molecule has 3 nitrogen and oxygen atoms in total. The Morgan fingerprint density at radius 2 is 1.54 bits per heavy atom. The Kier molecular flexibility index (Phi) is 6.55. The average molecular weight is 392 g/mol. The number of hydrogen-bond donors (Lipinski definition) is 1. The Bertz CT molecular complexity index is 852. The van der Waals surface area contributed by atoms with Gasteiger partial charge in [-0.2, -0.15) is 5.26 Å². The third-order valence-electron chi connectivity index (χ3n) is 6.02. The van der Waals surface area contributed by atoms with Gasteiger partial charge in [0.25, 0.3) is 0 Å². The second-order valence-electron chi connectivity index (χ2n) is 7.74. The summed E-state index contributed by atoms with van der Waals surface area (Å²) < 4.78 is 14.6. The standard InChI is InChI=1S/C24H29N2OP/c1-3-20(19-25)24(2,21-13-7-4-8-14-21)26-28(27,22-15-9-5-10-16-22)23-17-11-6-12-18-23/h3,5-6,9-12,15-18,21H,4,7-8,13-14H2,1-2H3,(H,26,27)/b20-3-/t24-/m1/s1. The highest BCUT2D eigenvalue weighted by atomic mass is 31.2. The molecule has 0 saturated heterocycles. The second-order valence-corrected chi connectivity index (χ2v) is 10.2. The molecule has 0 radical (unpaired) electrons. The molecule has 0 aromatic heterocycles. The predicted molar refractivity (Wildman–Crippen MR) is 117 cm³/mol. The molecule has 1 fully saturated rings. The number of rotatable bonds is 6. The van der Waals surface area contributed by atoms with Crippen molar-refractivity contribution in [2.75, 3.05) is 0 Å². The fourth-order valence-corrected chi connectivity index (χ4v) is 7.11. The minimum absolute atomic E-state index is 0.285. The molecule has 0 spiro atoms. The van der Waals surface area contributed by atoms with Crippen molar-refractivity contribution in [2.45, 2.75) is 51.5 Å². The van der Waals surface area contributed by atoms with E-state index in [9.17, 15) is 9.83 Å². The highest BCUT2D eigenvalue weighted by Crippen LogP contribution is 2.47. The highest BCUT2D eigenvalue weighted by molar-refractivity contribution is 7.77. The number of nitrogens with zero attached hydrogens (tertiary/aromatic N) is 1. The van der Waals surface area contributed by atoms with Crippen molar-refractivity contribution < 1.29 is 4.57 Å². The molecule has 2 aromatic rings. The van der Waals surface area contributed by atoms with Gasteiger partial charge < -0.3 is 0 Å². The molecule has 1 aliphatic carbocycles. The molecule has 1 aliphatic rings. The second kappa shape index (κ2) is 8.91. The van der Waals surface area contributed by atoms with Crippen LogP contribution < -0.4 is 15.7 Å². The summed E-state index contributed by atoms with van der Waals surface area (Å²) in [5.74, 6) is 0.285. The van der Waals surface area contributed by atoms with Crippen molar-refractivity contribution in [1.82, 2.24) is 5.09 Å². The summed E-state index contributed by atoms with van der Waals surface area (Å²) in [6.07, 6.45) is 7.52. The Morgan fingerprint density at radius 3 is 1.96 bits per heavy atom. The van der Waals surface area contributed by atoms with Crippen LogP contribution in [0.4, 0.5) is 0 Å². The van der Waals surface area contributed by atoms with Crippen molar-refractivity contribution >= 4 is 17.9 Å². The van der Waals surface area contributed by atoms with E-state index in [0.29, 0.717) is 5.57 Å². The zero-order valence-corrected chi connectivity index (χ0v) is 17.7. The molecule has 146 valence electrons. The normalized spacial score (nSPS) is 18.2. The smallest absolute Gasteiger partial charge is 0.205 e. The third-order valence-corrected chi connectivity index (χ3v) is 8.85. The molecule has 0 amide bonds. The van der Waals surface area contributed by atoms with Crippen LogP contribution in [0.3, 0.4) is 0 Å². The number of hydrogen-bond acceptors (Lipinski definition) is 2. The summed E-state index contributed by atoms with van der Waals surface area (Å²) in [5, 5.41) is 15.0. The molecule has 1 atom stereocenters. The molecule has 0 bridgehead atoms. The van der Waals surface area contributed by atoms with Crippen LogP contribution >= 0.6 is 7.29 Å². The van der Waals surface area contributed by atoms with Crippen LogP contribution in [0.25, 0.3) is 0 Å². The van der Waals surface area contributed by atoms with Crippen molar-refractivity contribution in [3.63, 3.8) is 0 Å². The van der Waals surface area contributed by atoms with Gasteiger partial charge in [0, 0.05) is 16.2 Å². The monoisotopic (exact) mass is 392 g/mol. The maximum absolute atomic E-state index is 14.6. The fourth-order valence-electron chi connectivity index (χ4n) is 4.41. The third kappa shape index (κ3) is 4.00. The summed E-state index contributed by atoms with van der Waals surface area (Å²) in [5.41, 5.74) is 0.0389. The van der Waals surface area contributed by atoms with Crippen LogP contribution in [-0.4, -0.2) is 5.54 Å². The molecule has 28 heavy (non-hydrogen) atoms. The van der Waals surface area contributed by atoms with Crippen molar-refractivity contribution in [1.29, 1.82) is 5.26 Å². The number of nitriles is 1. The summed E-state index contributed by atoms with van der Waals surface area (Å²) in [4.78, 5) is 0. The number of nitrogens with one attached hydrogen (secondary N) is 1. The van der Waals surface area contributed by atoms with E-state index in [2.05, 4.69) is 18.1 Å². The first-order valence-electron chi connectivity index (χ1n) is 10.1. The fraction of sp³-hybridized carbons (Fsp3) is 0.375. The minimum Gasteiger partial charge on any atom is -0.296 e. The lowest BCUT2D eigenvalue weighted by molar-refractivity contribution is 0.240. The molecular weight excluding hydrogens is 363 g/mol. The minimum atomic E-state index is -3.13. The lowest BCUT2D eigenvalue weighted by atomic mass is 9.72. The number of allylic oxidation sites excluding steroid dienone is 1. The molecule has 1 saturated carbocycles. The van der Waals surface area contributed by atoms with Gasteiger partial charge in [0.2, 0.25) is 7.29 Å². The van der Waals surface area contributed by atoms with Gasteiger partial charge in [0.1, 0.15) is 0 Å². The predicted octanol–water partition coefficient (Wildman–Crippen LogP) is 5.31. The Morgan fingerprint density at radius 1 is 1.04 bits per heavy atom. The van der Waals surface area contributed by atoms with Crippen molar-refractivity contribution in [3.8, 4) is 6.07 Å². The van der Waals surface area contributed by atoms with Crippen LogP contribution in [0, 0.1) is 17.2 Å². The summed E-state index contributed by atoms with van der Waals surface area (Å²) in [6, 6.07) is 21.6. The van der Waals surface area contributed by atoms with Crippen LogP contribution in [0.2, 0.25) is 0 Å². The SMILES string of the molecule is C/C=C(/C#N)[C@@](C)(NP(=O)(c1ccccc1)c1ccccc1)C1CCCCC1. The van der Waals surface area contributed by atoms with E-state index in [1.165, 1.54) is 6.42 Å². The quantitative estimate of drug-likeness (QED) is 0.535. The van der Waals surface area contributed by atoms with Crippen LogP contribution in [0.15, 0.2) is 72.3 Å². The van der Waals surface area contributed by atoms with Gasteiger partial charge in [-0.25, -0.2) is 5.09 Å². The largest absolute Gasteiger partial charge is 0.296 e. The zero-order chi connectivity index (χ0) is 20.0. The van der Waals surface area contributed by atoms with E-state index >= 15 is 0 Å². The molecule has 0 unspecified atom stereocenters. The molecule has 0 heterocycles. The van der Waals surface area contributed by atoms with Crippen LogP contribution in [0.5, 0.6) is 0 Å². The first kappa shape index (κ1) is 20.6. The van der Waals surface area contributed by atoms with Gasteiger partial charge in [-0.1, -0.05) is 61.7 Å². The van der Waals surface area contributed by atoms with E-state index in [4.69, 9.17) is 0 Å². The summed E-state index contributed by atoms with van der Waals surface area (Å²) >= 11 is 0. The molecule has 3 rings (SSSR count). The molecule has 0 aliphatic heterocycles. The van der Waals surface area contributed by atoms with Crippen LogP contribution in [-0.2, 0) is 4.57 Å². The van der Waals surface area contributed by atoms with E-state index in [1.807, 2.05) is 73.7 Å². The van der Waals surface area contributed by atoms with Gasteiger partial charge >= 0.3 is 0 Å². The van der Waals surface area contributed by atoms with Crippen molar-refractivity contribution in [3.05, 3.63) is 72.3 Å². The highest BCUT2D eigenvalue weighted by Gasteiger charge is 2.44. The average Bonchev–Trinajstić information content (AvgIpc) is 2.76. The van der Waals surface area contributed by atoms with E-state index in [0.717, 1.165) is 36.3 Å². The van der Waals surface area contributed by atoms with Gasteiger partial charge in [-0.15, -0.1) is 0 Å². The van der Waals surface area contributed by atoms with E-state index < -0.39 is 12.8 Å². The van der Waals surface area contributed by atoms with Gasteiger partial charge in [-0.05, 0) is 56.9 Å². The van der Waals surface area contributed by atoms with Crippen LogP contribution in [0.1, 0.15) is 46.0 Å². The van der Waals surface area contributed by atoms with Gasteiger partial charge in [-0.3, -0.25) is 4.57 Å². The first-order chi connectivity index (χ1) is 13.5. The lowest BCUT2D eigenvalue weighted by Crippen LogP contribution is -2.51. The Balaban J connectivity index is 2.14. The molecule has 4 heteroatoms. The zero-order valence-electron chi connectivity index (χ0n) is 16.8. The lowest BCUT2D eigenvalue weighted by Gasteiger charge is -2.43. The molecular formula is C24H29N2OP. The maximum atomic E-state index is 14.6. The van der Waals surface area contributed by atoms with E-state index in [1.54, 1.807) is 0 Å². The van der Waals surface area contributed by atoms with Gasteiger partial charge in [0.15, 0.2) is 0 Å². The summed E-state index contributed by atoms with van der Waals surface area (Å²) in [7, 11) is -3.13. The summed E-state index contributed by atoms with van der Waals surface area (Å²) in [6.45, 7) is 3.97. The van der Waals surface area contributed by atoms with Gasteiger partial charge in [0.05, 0.1) is 11.6 Å². The first-order valence-corrected chi connectivity index (χ1v) is 11.8. The number of benzene rings is 2. The molecule has 1 N–H and O–H groups in total. The topological polar surface area (TPSA) is 52.9 Å².